The van der Waals surface area contributed by atoms with E-state index in [0.717, 1.165) is 17.3 Å². The third-order valence-electron chi connectivity index (χ3n) is 3.82. The van der Waals surface area contributed by atoms with Crippen LogP contribution < -0.4 is 0 Å². The van der Waals surface area contributed by atoms with Crippen molar-refractivity contribution in [3.63, 3.8) is 0 Å². The van der Waals surface area contributed by atoms with Gasteiger partial charge in [0.2, 0.25) is 0 Å². The first-order chi connectivity index (χ1) is 11.8. The van der Waals surface area contributed by atoms with Crippen molar-refractivity contribution in [1.82, 2.24) is 9.55 Å². The van der Waals surface area contributed by atoms with Gasteiger partial charge in [0, 0.05) is 39.9 Å². The highest BCUT2D eigenvalue weighted by atomic mass is 35.5. The predicted molar refractivity (Wildman–Crippen MR) is 109 cm³/mol. The summed E-state index contributed by atoms with van der Waals surface area (Å²) in [4.78, 5) is 5.46. The van der Waals surface area contributed by atoms with Gasteiger partial charge in [-0.05, 0) is 36.4 Å². The molecule has 0 N–H and O–H groups in total. The van der Waals surface area contributed by atoms with Crippen molar-refractivity contribution < 1.29 is 0 Å². The molecule has 0 spiro atoms. The molecule has 0 saturated carbocycles. The minimum Gasteiger partial charge on any atom is -0.336 e. The van der Waals surface area contributed by atoms with Crippen LogP contribution in [-0.4, -0.2) is 26.3 Å². The van der Waals surface area contributed by atoms with Crippen molar-refractivity contribution in [3.8, 4) is 0 Å². The van der Waals surface area contributed by atoms with Gasteiger partial charge in [-0.15, -0.1) is 11.8 Å². The van der Waals surface area contributed by atoms with E-state index < -0.39 is 0 Å². The number of thioether (sulfide) groups is 2. The molecule has 0 aliphatic heterocycles. The zero-order valence-electron chi connectivity index (χ0n) is 14.4. The third-order valence-corrected chi connectivity index (χ3v) is 6.77. The highest BCUT2D eigenvalue weighted by molar-refractivity contribution is 8.03. The zero-order chi connectivity index (χ0) is 17.0. The van der Waals surface area contributed by atoms with Gasteiger partial charge in [0.25, 0.3) is 0 Å². The Hall–Kier alpha value is -0.580. The van der Waals surface area contributed by atoms with Crippen molar-refractivity contribution >= 4 is 35.1 Å². The Balaban J connectivity index is 1.77. The van der Waals surface area contributed by atoms with E-state index in [-0.39, 0.29) is 0 Å². The van der Waals surface area contributed by atoms with Gasteiger partial charge in [0.05, 0.1) is 6.33 Å². The molecule has 2 nitrogen and oxygen atoms in total. The summed E-state index contributed by atoms with van der Waals surface area (Å²) < 4.78 is 2.19. The Morgan fingerprint density at radius 1 is 1.12 bits per heavy atom. The molecular formula is C19H27ClN2S2. The van der Waals surface area contributed by atoms with E-state index in [4.69, 9.17) is 11.6 Å². The van der Waals surface area contributed by atoms with E-state index in [2.05, 4.69) is 46.6 Å². The van der Waals surface area contributed by atoms with Crippen LogP contribution in [-0.2, 0) is 6.54 Å². The maximum absolute atomic E-state index is 5.97. The molecule has 2 rings (SSSR count). The van der Waals surface area contributed by atoms with Gasteiger partial charge >= 0.3 is 0 Å². The fourth-order valence-corrected chi connectivity index (χ4v) is 4.97. The minimum absolute atomic E-state index is 0.603. The number of aromatic nitrogens is 2. The van der Waals surface area contributed by atoms with Crippen LogP contribution >= 0.6 is 35.1 Å². The van der Waals surface area contributed by atoms with Gasteiger partial charge in [-0.3, -0.25) is 0 Å². The average molecular weight is 383 g/mol. The lowest BCUT2D eigenvalue weighted by atomic mass is 10.2. The number of rotatable bonds is 12. The van der Waals surface area contributed by atoms with Crippen LogP contribution in [0.5, 0.6) is 0 Å². The molecule has 0 amide bonds. The fourth-order valence-electron chi connectivity index (χ4n) is 2.46. The second-order valence-electron chi connectivity index (χ2n) is 5.93. The molecule has 1 atom stereocenters. The number of imidazole rings is 1. The Labute approximate surface area is 159 Å². The first-order valence-electron chi connectivity index (χ1n) is 8.73. The Morgan fingerprint density at radius 2 is 1.92 bits per heavy atom. The normalized spacial score (nSPS) is 12.4. The maximum Gasteiger partial charge on any atom is 0.0946 e. The number of hydrogen-bond donors (Lipinski definition) is 0. The van der Waals surface area contributed by atoms with Crippen LogP contribution in [0.4, 0.5) is 0 Å². The summed E-state index contributed by atoms with van der Waals surface area (Å²) in [5.41, 5.74) is 0. The van der Waals surface area contributed by atoms with E-state index in [0.29, 0.717) is 5.25 Å². The lowest BCUT2D eigenvalue weighted by molar-refractivity contribution is 0.656. The largest absolute Gasteiger partial charge is 0.336 e. The SMILES string of the molecule is CCCCCCCSC(CSc1ccc(Cl)cc1)Cn1ccnc1. The summed E-state index contributed by atoms with van der Waals surface area (Å²) in [5, 5.41) is 1.40. The molecule has 24 heavy (non-hydrogen) atoms. The summed E-state index contributed by atoms with van der Waals surface area (Å²) in [6.45, 7) is 3.30. The molecule has 1 unspecified atom stereocenters. The van der Waals surface area contributed by atoms with Gasteiger partial charge < -0.3 is 4.57 Å². The minimum atomic E-state index is 0.603. The van der Waals surface area contributed by atoms with Crippen molar-refractivity contribution in [2.75, 3.05) is 11.5 Å². The molecule has 1 aromatic heterocycles. The quantitative estimate of drug-likeness (QED) is 0.312. The van der Waals surface area contributed by atoms with Gasteiger partial charge in [-0.25, -0.2) is 4.98 Å². The fraction of sp³-hybridized carbons (Fsp3) is 0.526. The van der Waals surface area contributed by atoms with E-state index >= 15 is 0 Å². The van der Waals surface area contributed by atoms with Crippen LogP contribution in [0.25, 0.3) is 0 Å². The Morgan fingerprint density at radius 3 is 2.62 bits per heavy atom. The lowest BCUT2D eigenvalue weighted by Gasteiger charge is -2.17. The van der Waals surface area contributed by atoms with E-state index in [1.54, 1.807) is 0 Å². The molecule has 5 heteroatoms. The molecule has 0 saturated heterocycles. The first-order valence-corrected chi connectivity index (χ1v) is 11.1. The molecule has 0 bridgehead atoms. The molecule has 1 aromatic carbocycles. The topological polar surface area (TPSA) is 17.8 Å². The molecule has 2 aromatic rings. The van der Waals surface area contributed by atoms with Crippen LogP contribution in [0.1, 0.15) is 39.0 Å². The Kier molecular flexibility index (Phi) is 9.78. The van der Waals surface area contributed by atoms with Crippen LogP contribution in [0.3, 0.4) is 0 Å². The molecule has 0 fully saturated rings. The van der Waals surface area contributed by atoms with Crippen molar-refractivity contribution in [3.05, 3.63) is 48.0 Å². The van der Waals surface area contributed by atoms with E-state index in [1.165, 1.54) is 42.8 Å². The lowest BCUT2D eigenvalue weighted by Crippen LogP contribution is -2.15. The Bertz CT molecular complexity index is 543. The molecular weight excluding hydrogens is 356 g/mol. The summed E-state index contributed by atoms with van der Waals surface area (Å²) in [6, 6.07) is 8.15. The molecule has 0 radical (unpaired) electrons. The van der Waals surface area contributed by atoms with Crippen LogP contribution in [0, 0.1) is 0 Å². The number of benzene rings is 1. The smallest absolute Gasteiger partial charge is 0.0946 e. The molecule has 1 heterocycles. The second-order valence-corrected chi connectivity index (χ2v) is 8.87. The number of hydrogen-bond acceptors (Lipinski definition) is 3. The van der Waals surface area contributed by atoms with Gasteiger partial charge in [-0.2, -0.15) is 11.8 Å². The summed E-state index contributed by atoms with van der Waals surface area (Å²) in [6.07, 6.45) is 12.6. The molecule has 0 aliphatic rings. The number of unbranched alkanes of at least 4 members (excludes halogenated alkanes) is 4. The number of nitrogens with zero attached hydrogens (tertiary/aromatic N) is 2. The highest BCUT2D eigenvalue weighted by Gasteiger charge is 2.11. The van der Waals surface area contributed by atoms with Crippen molar-refractivity contribution in [1.29, 1.82) is 0 Å². The summed E-state index contributed by atoms with van der Waals surface area (Å²) in [5.74, 6) is 2.36. The van der Waals surface area contributed by atoms with Crippen molar-refractivity contribution in [2.24, 2.45) is 0 Å². The maximum atomic E-state index is 5.97. The highest BCUT2D eigenvalue weighted by Crippen LogP contribution is 2.26. The number of halogens is 1. The summed E-state index contributed by atoms with van der Waals surface area (Å²) in [7, 11) is 0. The predicted octanol–water partition coefficient (Wildman–Crippen LogP) is 6.40. The second kappa shape index (κ2) is 11.9. The average Bonchev–Trinajstić information content (AvgIpc) is 3.10. The van der Waals surface area contributed by atoms with Crippen LogP contribution in [0.2, 0.25) is 5.02 Å². The van der Waals surface area contributed by atoms with Gasteiger partial charge in [0.15, 0.2) is 0 Å². The molecule has 0 aliphatic carbocycles. The van der Waals surface area contributed by atoms with Gasteiger partial charge in [0.1, 0.15) is 0 Å². The first kappa shape index (κ1) is 19.7. The summed E-state index contributed by atoms with van der Waals surface area (Å²) >= 11 is 9.99. The monoisotopic (exact) mass is 382 g/mol. The third kappa shape index (κ3) is 8.00. The van der Waals surface area contributed by atoms with E-state index in [1.807, 2.05) is 36.4 Å². The standard InChI is InChI=1S/C19H27ClN2S2/c1-2-3-4-5-6-13-23-19(14-22-12-11-21-16-22)15-24-18-9-7-17(20)8-10-18/h7-12,16,19H,2-6,13-15H2,1H3. The zero-order valence-corrected chi connectivity index (χ0v) is 16.8. The molecule has 132 valence electrons. The van der Waals surface area contributed by atoms with Crippen molar-refractivity contribution in [2.45, 2.75) is 55.7 Å². The van der Waals surface area contributed by atoms with E-state index in [9.17, 15) is 0 Å². The van der Waals surface area contributed by atoms with Crippen LogP contribution in [0.15, 0.2) is 47.9 Å². The van der Waals surface area contributed by atoms with Gasteiger partial charge in [-0.1, -0.05) is 44.2 Å².